The number of hydrogen-bond acceptors (Lipinski definition) is 11. The number of fused-ring (bicyclic) bond motifs is 6. The first-order chi connectivity index (χ1) is 15.1. The minimum absolute atomic E-state index is 0.00736. The van der Waals surface area contributed by atoms with E-state index in [1.807, 2.05) is 12.1 Å². The maximum Gasteiger partial charge on any atom is 0.177 e. The molecule has 0 amide bonds. The van der Waals surface area contributed by atoms with Gasteiger partial charge in [-0.15, -0.1) is 0 Å². The van der Waals surface area contributed by atoms with Crippen molar-refractivity contribution in [1.29, 1.82) is 26.5 Å². The van der Waals surface area contributed by atoms with E-state index in [0.29, 0.717) is 0 Å². The molecular weight excluding hydrogens is 394 g/mol. The fourth-order valence-electron chi connectivity index (χ4n) is 2.93. The summed E-state index contributed by atoms with van der Waals surface area (Å²) in [5.74, 6) is 5.36. The second-order valence-electron chi connectivity index (χ2n) is 5.86. The first-order valence-corrected chi connectivity index (χ1v) is 8.41. The number of nitrogens with one attached hydrogen (secondary N) is 1. The van der Waals surface area contributed by atoms with Gasteiger partial charge in [0.25, 0.3) is 0 Å². The summed E-state index contributed by atoms with van der Waals surface area (Å²) in [6.07, 6.45) is 0.871. The van der Waals surface area contributed by atoms with E-state index in [4.69, 9.17) is 5.41 Å². The predicted octanol–water partition coefficient (Wildman–Crippen LogP) is 1.37. The van der Waals surface area contributed by atoms with Crippen LogP contribution in [0.25, 0.3) is 33.1 Å². The second kappa shape index (κ2) is 7.11. The second-order valence-corrected chi connectivity index (χ2v) is 5.86. The Balaban J connectivity index is 2.40. The lowest BCUT2D eigenvalue weighted by Gasteiger charge is -2.09. The van der Waals surface area contributed by atoms with Crippen molar-refractivity contribution < 1.29 is 0 Å². The van der Waals surface area contributed by atoms with Crippen LogP contribution in [0.5, 0.6) is 0 Å². The molecule has 31 heavy (non-hydrogen) atoms. The largest absolute Gasteiger partial charge is 0.306 e. The highest BCUT2D eigenvalue weighted by Gasteiger charge is 2.22. The number of rotatable bonds is 1. The van der Waals surface area contributed by atoms with Gasteiger partial charge in [0.2, 0.25) is 0 Å². The van der Waals surface area contributed by atoms with Crippen molar-refractivity contribution in [2.24, 2.45) is 0 Å². The van der Waals surface area contributed by atoms with Gasteiger partial charge in [0.15, 0.2) is 28.5 Å². The Hall–Kier alpha value is -5.57. The van der Waals surface area contributed by atoms with E-state index < -0.39 is 0 Å². The van der Waals surface area contributed by atoms with Gasteiger partial charge >= 0.3 is 0 Å². The van der Waals surface area contributed by atoms with Gasteiger partial charge in [-0.05, 0) is 12.8 Å². The Morgan fingerprint density at radius 2 is 0.935 bits per heavy atom. The molecule has 11 nitrogen and oxygen atoms in total. The molecule has 0 aliphatic carbocycles. The summed E-state index contributed by atoms with van der Waals surface area (Å²) in [6, 6.07) is 7.38. The minimum Gasteiger partial charge on any atom is -0.306 e. The van der Waals surface area contributed by atoms with Crippen LogP contribution in [0.2, 0.25) is 0 Å². The van der Waals surface area contributed by atoms with Gasteiger partial charge in [0.1, 0.15) is 63.1 Å². The van der Waals surface area contributed by atoms with Crippen molar-refractivity contribution in [2.45, 2.75) is 6.92 Å². The van der Waals surface area contributed by atoms with Crippen LogP contribution in [0.1, 0.15) is 41.1 Å². The van der Waals surface area contributed by atoms with Crippen molar-refractivity contribution in [3.05, 3.63) is 34.2 Å². The molecule has 0 aliphatic rings. The third kappa shape index (κ3) is 2.70. The van der Waals surface area contributed by atoms with Crippen LogP contribution in [0.15, 0.2) is 0 Å². The summed E-state index contributed by atoms with van der Waals surface area (Å²) in [4.78, 5) is 25.7. The highest BCUT2D eigenvalue weighted by molar-refractivity contribution is 6.18. The average Bonchev–Trinajstić information content (AvgIpc) is 2.82. The zero-order valence-corrected chi connectivity index (χ0v) is 15.5. The summed E-state index contributed by atoms with van der Waals surface area (Å²) in [6.45, 7) is 1.58. The molecular formula is C20H5N11. The molecule has 140 valence electrons. The van der Waals surface area contributed by atoms with Gasteiger partial charge in [-0.2, -0.15) is 21.0 Å². The number of hydrogen-bond donors (Lipinski definition) is 1. The van der Waals surface area contributed by atoms with E-state index in [-0.39, 0.29) is 67.3 Å². The molecule has 0 atom stereocenters. The maximum absolute atomic E-state index is 9.48. The highest BCUT2D eigenvalue weighted by atomic mass is 14.9. The molecule has 0 saturated heterocycles. The lowest BCUT2D eigenvalue weighted by molar-refractivity contribution is 1.16. The third-order valence-corrected chi connectivity index (χ3v) is 4.19. The van der Waals surface area contributed by atoms with E-state index in [1.54, 1.807) is 19.1 Å². The van der Waals surface area contributed by atoms with Gasteiger partial charge in [0.05, 0.1) is 0 Å². The smallest absolute Gasteiger partial charge is 0.177 e. The van der Waals surface area contributed by atoms with Crippen LogP contribution < -0.4 is 0 Å². The molecule has 4 aromatic rings. The first-order valence-electron chi connectivity index (χ1n) is 8.41. The molecule has 0 spiro atoms. The fraction of sp³-hybridized carbons (Fsp3) is 0.0500. The Morgan fingerprint density at radius 1 is 0.581 bits per heavy atom. The predicted molar refractivity (Wildman–Crippen MR) is 105 cm³/mol. The van der Waals surface area contributed by atoms with E-state index in [0.717, 1.165) is 6.21 Å². The number of benzene rings is 1. The van der Waals surface area contributed by atoms with Crippen molar-refractivity contribution in [1.82, 2.24) is 29.9 Å². The summed E-state index contributed by atoms with van der Waals surface area (Å²) in [5, 5.41) is 45.1. The number of aromatic nitrogens is 6. The van der Waals surface area contributed by atoms with Crippen molar-refractivity contribution in [2.75, 3.05) is 0 Å². The maximum atomic E-state index is 9.48. The fourth-order valence-corrected chi connectivity index (χ4v) is 2.93. The van der Waals surface area contributed by atoms with Crippen LogP contribution in [0, 0.1) is 62.6 Å². The van der Waals surface area contributed by atoms with Gasteiger partial charge in [-0.25, -0.2) is 29.9 Å². The SMILES string of the molecule is CC#Cc1nc2c(nc1C#N)c1nc(C#N)c(C#N)nc1c1nc(C#N)c(C=N)nc21. The van der Waals surface area contributed by atoms with Gasteiger partial charge in [0, 0.05) is 6.21 Å². The molecule has 4 rings (SSSR count). The summed E-state index contributed by atoms with van der Waals surface area (Å²) >= 11 is 0. The van der Waals surface area contributed by atoms with E-state index >= 15 is 0 Å². The van der Waals surface area contributed by atoms with Crippen LogP contribution >= 0.6 is 0 Å². The Labute approximate surface area is 173 Å². The van der Waals surface area contributed by atoms with Crippen molar-refractivity contribution in [3.63, 3.8) is 0 Å². The Morgan fingerprint density at radius 3 is 1.32 bits per heavy atom. The lowest BCUT2D eigenvalue weighted by atomic mass is 10.1. The van der Waals surface area contributed by atoms with Crippen LogP contribution in [0.4, 0.5) is 0 Å². The van der Waals surface area contributed by atoms with E-state index in [9.17, 15) is 21.0 Å². The molecule has 0 bridgehead atoms. The summed E-state index contributed by atoms with van der Waals surface area (Å²) in [7, 11) is 0. The molecule has 0 saturated carbocycles. The zero-order valence-electron chi connectivity index (χ0n) is 15.5. The van der Waals surface area contributed by atoms with Crippen molar-refractivity contribution >= 4 is 39.3 Å². The summed E-state index contributed by atoms with van der Waals surface area (Å²) < 4.78 is 0. The Bertz CT molecular complexity index is 1710. The van der Waals surface area contributed by atoms with Crippen LogP contribution in [-0.4, -0.2) is 36.1 Å². The van der Waals surface area contributed by atoms with Crippen LogP contribution in [-0.2, 0) is 0 Å². The molecule has 3 aromatic heterocycles. The molecule has 0 radical (unpaired) electrons. The standard InChI is InChI=1S/C20H5N11/c1-2-3-9-10(4-21)27-16-15(26-9)17-19(30-12(6-23)11(5-22)28-17)20-18(16)29-13(7-24)14(8-25)31-20/h5,22H,1H3. The van der Waals surface area contributed by atoms with E-state index in [1.165, 1.54) is 0 Å². The monoisotopic (exact) mass is 399 g/mol. The number of nitrogens with zero attached hydrogens (tertiary/aromatic N) is 10. The quantitative estimate of drug-likeness (QED) is 0.277. The normalized spacial score (nSPS) is 9.84. The van der Waals surface area contributed by atoms with Gasteiger partial charge in [-0.1, -0.05) is 5.92 Å². The molecule has 1 N–H and O–H groups in total. The summed E-state index contributed by atoms with van der Waals surface area (Å²) in [5.41, 5.74) is 0.0220. The zero-order chi connectivity index (χ0) is 22.1. The molecule has 0 aliphatic heterocycles. The van der Waals surface area contributed by atoms with E-state index in [2.05, 4.69) is 41.7 Å². The molecule has 3 heterocycles. The lowest BCUT2D eigenvalue weighted by Crippen LogP contribution is -2.06. The molecule has 1 aromatic carbocycles. The highest BCUT2D eigenvalue weighted by Crippen LogP contribution is 2.30. The van der Waals surface area contributed by atoms with Crippen LogP contribution in [0.3, 0.4) is 0 Å². The molecule has 0 fully saturated rings. The van der Waals surface area contributed by atoms with Gasteiger partial charge < -0.3 is 5.41 Å². The molecule has 11 heteroatoms. The number of nitriles is 4. The first kappa shape index (κ1) is 18.8. The molecule has 0 unspecified atom stereocenters. The van der Waals surface area contributed by atoms with Crippen molar-refractivity contribution in [3.8, 4) is 36.1 Å². The Kier molecular flexibility index (Phi) is 4.31. The van der Waals surface area contributed by atoms with Gasteiger partial charge in [-0.3, -0.25) is 0 Å². The average molecular weight is 399 g/mol. The topological polar surface area (TPSA) is 196 Å². The third-order valence-electron chi connectivity index (χ3n) is 4.19. The minimum atomic E-state index is -0.242.